The normalized spacial score (nSPS) is 11.2. The highest BCUT2D eigenvalue weighted by Gasteiger charge is 2.22. The first-order chi connectivity index (χ1) is 13.8. The van der Waals surface area contributed by atoms with E-state index in [1.807, 2.05) is 45.9 Å². The van der Waals surface area contributed by atoms with E-state index in [1.54, 1.807) is 19.2 Å². The molecule has 2 aromatic carbocycles. The molecule has 1 atom stereocenters. The van der Waals surface area contributed by atoms with E-state index < -0.39 is 0 Å². The molecular formula is C22H29O6P. The molecular weight excluding hydrogens is 391 g/mol. The van der Waals surface area contributed by atoms with Crippen molar-refractivity contribution in [1.82, 2.24) is 0 Å². The number of hydrogen-bond acceptors (Lipinski definition) is 6. The van der Waals surface area contributed by atoms with Crippen LogP contribution in [-0.2, 0) is 0 Å². The minimum Gasteiger partial charge on any atom is -0.496 e. The van der Waals surface area contributed by atoms with Crippen LogP contribution < -0.4 is 29.0 Å². The van der Waals surface area contributed by atoms with Crippen LogP contribution in [0.25, 0.3) is 0 Å². The van der Waals surface area contributed by atoms with Gasteiger partial charge >= 0.3 is 0 Å². The molecule has 0 spiro atoms. The summed E-state index contributed by atoms with van der Waals surface area (Å²) in [5.41, 5.74) is 0.264. The molecule has 0 bridgehead atoms. The Balaban J connectivity index is 2.41. The van der Waals surface area contributed by atoms with Crippen molar-refractivity contribution < 1.29 is 28.5 Å². The van der Waals surface area contributed by atoms with E-state index >= 15 is 0 Å². The largest absolute Gasteiger partial charge is 0.496 e. The lowest BCUT2D eigenvalue weighted by atomic mass is 10.2. The third-order valence-corrected chi connectivity index (χ3v) is 5.04. The second kappa shape index (κ2) is 10.4. The summed E-state index contributed by atoms with van der Waals surface area (Å²) in [6.07, 6.45) is 0.0117. The number of carbonyl (C=O) groups excluding carboxylic acids is 1. The summed E-state index contributed by atoms with van der Waals surface area (Å²) in [5.74, 6) is 2.71. The van der Waals surface area contributed by atoms with Crippen LogP contribution in [0.4, 0.5) is 0 Å². The van der Waals surface area contributed by atoms with E-state index in [9.17, 15) is 4.79 Å². The zero-order valence-corrected chi connectivity index (χ0v) is 19.0. The van der Waals surface area contributed by atoms with Crippen molar-refractivity contribution in [1.29, 1.82) is 0 Å². The van der Waals surface area contributed by atoms with E-state index in [1.165, 1.54) is 14.2 Å². The van der Waals surface area contributed by atoms with E-state index in [2.05, 4.69) is 0 Å². The summed E-state index contributed by atoms with van der Waals surface area (Å²) in [7, 11) is 4.40. The molecule has 0 saturated carbocycles. The molecule has 0 fully saturated rings. The third kappa shape index (κ3) is 6.01. The molecule has 0 heterocycles. The lowest BCUT2D eigenvalue weighted by molar-refractivity contribution is 0.108. The molecule has 0 N–H and O–H groups in total. The first-order valence-electron chi connectivity index (χ1n) is 9.37. The standard InChI is InChI=1S/C22H29O6P/c1-13(2)27-15-8-9-20(17(10-15)28-14(3)4)29-22(23)21-18(25-6)11-16(24-5)12-19(21)26-7/h8-14,29H,1-7H3. The second-order valence-corrected chi connectivity index (χ2v) is 8.10. The Labute approximate surface area is 174 Å². The van der Waals surface area contributed by atoms with Gasteiger partial charge in [0.15, 0.2) is 5.52 Å². The highest BCUT2D eigenvalue weighted by Crippen LogP contribution is 2.39. The molecule has 0 aromatic heterocycles. The summed E-state index contributed by atoms with van der Waals surface area (Å²) in [4.78, 5) is 13.2. The van der Waals surface area contributed by atoms with Crippen LogP contribution in [0.2, 0.25) is 0 Å². The van der Waals surface area contributed by atoms with Gasteiger partial charge in [0, 0.05) is 23.5 Å². The van der Waals surface area contributed by atoms with E-state index in [0.29, 0.717) is 34.3 Å². The average molecular weight is 420 g/mol. The fourth-order valence-corrected chi connectivity index (χ4v) is 3.75. The van der Waals surface area contributed by atoms with Crippen LogP contribution in [-0.4, -0.2) is 39.1 Å². The molecule has 29 heavy (non-hydrogen) atoms. The predicted octanol–water partition coefficient (Wildman–Crippen LogP) is 4.43. The minimum atomic E-state index is -0.178. The molecule has 6 nitrogen and oxygen atoms in total. The van der Waals surface area contributed by atoms with Gasteiger partial charge in [0.2, 0.25) is 0 Å². The molecule has 158 valence electrons. The van der Waals surface area contributed by atoms with E-state index in [4.69, 9.17) is 23.7 Å². The van der Waals surface area contributed by atoms with Gasteiger partial charge in [0.1, 0.15) is 34.3 Å². The number of methoxy groups -OCH3 is 3. The van der Waals surface area contributed by atoms with Crippen molar-refractivity contribution in [3.8, 4) is 28.7 Å². The Morgan fingerprint density at radius 3 is 1.79 bits per heavy atom. The van der Waals surface area contributed by atoms with Crippen molar-refractivity contribution in [3.63, 3.8) is 0 Å². The SMILES string of the molecule is COc1cc(OC)c(C(=O)Pc2ccc(OC(C)C)cc2OC(C)C)c(OC)c1. The van der Waals surface area contributed by atoms with Crippen LogP contribution >= 0.6 is 8.58 Å². The maximum Gasteiger partial charge on any atom is 0.193 e. The Morgan fingerprint density at radius 1 is 0.759 bits per heavy atom. The number of ether oxygens (including phenoxy) is 5. The van der Waals surface area contributed by atoms with Gasteiger partial charge in [-0.15, -0.1) is 0 Å². The monoisotopic (exact) mass is 420 g/mol. The molecule has 0 aliphatic carbocycles. The van der Waals surface area contributed by atoms with Crippen molar-refractivity contribution in [2.45, 2.75) is 39.9 Å². The number of benzene rings is 2. The number of carbonyl (C=O) groups is 1. The van der Waals surface area contributed by atoms with Crippen LogP contribution in [0.1, 0.15) is 38.1 Å². The minimum absolute atomic E-state index is 0.0342. The maximum atomic E-state index is 13.2. The molecule has 2 rings (SSSR count). The first-order valence-corrected chi connectivity index (χ1v) is 10.4. The molecule has 0 aliphatic rings. The Bertz CT molecular complexity index is 822. The van der Waals surface area contributed by atoms with Gasteiger partial charge in [0.05, 0.1) is 33.5 Å². The highest BCUT2D eigenvalue weighted by atomic mass is 31.1. The first kappa shape index (κ1) is 22.8. The summed E-state index contributed by atoms with van der Waals surface area (Å²) >= 11 is 0. The zero-order chi connectivity index (χ0) is 21.6. The molecule has 2 aromatic rings. The lowest BCUT2D eigenvalue weighted by Crippen LogP contribution is -2.14. The summed E-state index contributed by atoms with van der Waals surface area (Å²) in [5, 5.41) is 0.791. The highest BCUT2D eigenvalue weighted by molar-refractivity contribution is 7.66. The topological polar surface area (TPSA) is 63.2 Å². The third-order valence-electron chi connectivity index (χ3n) is 3.88. The summed E-state index contributed by atoms with van der Waals surface area (Å²) in [6, 6.07) is 8.90. The van der Waals surface area contributed by atoms with Gasteiger partial charge in [-0.1, -0.05) is 0 Å². The molecule has 7 heteroatoms. The molecule has 0 radical (unpaired) electrons. The van der Waals surface area contributed by atoms with E-state index in [-0.39, 0.29) is 26.3 Å². The van der Waals surface area contributed by atoms with Crippen molar-refractivity contribution >= 4 is 19.4 Å². The molecule has 0 aliphatic heterocycles. The van der Waals surface area contributed by atoms with Gasteiger partial charge in [-0.2, -0.15) is 0 Å². The molecule has 0 amide bonds. The van der Waals surface area contributed by atoms with Crippen LogP contribution in [0.5, 0.6) is 28.7 Å². The Kier molecular flexibility index (Phi) is 8.15. The van der Waals surface area contributed by atoms with Crippen molar-refractivity contribution in [2.24, 2.45) is 0 Å². The summed E-state index contributed by atoms with van der Waals surface area (Å²) < 4.78 is 27.8. The van der Waals surface area contributed by atoms with Crippen molar-refractivity contribution in [2.75, 3.05) is 21.3 Å². The van der Waals surface area contributed by atoms with Gasteiger partial charge in [-0.3, -0.25) is 4.79 Å². The maximum absolute atomic E-state index is 13.2. The van der Waals surface area contributed by atoms with Gasteiger partial charge < -0.3 is 23.7 Å². The van der Waals surface area contributed by atoms with E-state index in [0.717, 1.165) is 5.30 Å². The predicted molar refractivity (Wildman–Crippen MR) is 116 cm³/mol. The van der Waals surface area contributed by atoms with Crippen molar-refractivity contribution in [3.05, 3.63) is 35.9 Å². The fraction of sp³-hybridized carbons (Fsp3) is 0.409. The number of rotatable bonds is 10. The van der Waals surface area contributed by atoms with Gasteiger partial charge in [-0.25, -0.2) is 0 Å². The van der Waals surface area contributed by atoms with Gasteiger partial charge in [-0.05, 0) is 48.4 Å². The smallest absolute Gasteiger partial charge is 0.193 e. The molecule has 1 unspecified atom stereocenters. The second-order valence-electron chi connectivity index (χ2n) is 6.85. The summed E-state index contributed by atoms with van der Waals surface area (Å²) in [6.45, 7) is 7.81. The Hall–Kier alpha value is -2.46. The molecule has 0 saturated heterocycles. The van der Waals surface area contributed by atoms with Crippen LogP contribution in [0.15, 0.2) is 30.3 Å². The fourth-order valence-electron chi connectivity index (χ4n) is 2.72. The zero-order valence-electron chi connectivity index (χ0n) is 18.0. The Morgan fingerprint density at radius 2 is 1.31 bits per heavy atom. The van der Waals surface area contributed by atoms with Crippen LogP contribution in [0, 0.1) is 0 Å². The van der Waals surface area contributed by atoms with Gasteiger partial charge in [0.25, 0.3) is 0 Å². The lowest BCUT2D eigenvalue weighted by Gasteiger charge is -2.18. The number of hydrogen-bond donors (Lipinski definition) is 0. The van der Waals surface area contributed by atoms with Crippen LogP contribution in [0.3, 0.4) is 0 Å². The average Bonchev–Trinajstić information content (AvgIpc) is 2.67. The quantitative estimate of drug-likeness (QED) is 0.530.